The van der Waals surface area contributed by atoms with Gasteiger partial charge in [-0.15, -0.1) is 0 Å². The Hall–Kier alpha value is -2.48. The molecule has 1 aliphatic rings. The standard InChI is InChI=1S/C11H5NO4/c12-3-6-4-14-10-7(9(6)13)1-2-8-11(10)16-5-15-8/h1-2,4H,5H2. The summed E-state index contributed by atoms with van der Waals surface area (Å²) >= 11 is 0. The van der Waals surface area contributed by atoms with Crippen molar-refractivity contribution in [3.8, 4) is 17.6 Å². The molecule has 16 heavy (non-hydrogen) atoms. The highest BCUT2D eigenvalue weighted by Gasteiger charge is 2.20. The normalized spacial score (nSPS) is 12.7. The van der Waals surface area contributed by atoms with Crippen LogP contribution in [0.1, 0.15) is 5.56 Å². The molecule has 2 heterocycles. The van der Waals surface area contributed by atoms with E-state index in [-0.39, 0.29) is 17.8 Å². The summed E-state index contributed by atoms with van der Waals surface area (Å²) in [7, 11) is 0. The Kier molecular flexibility index (Phi) is 1.65. The van der Waals surface area contributed by atoms with Crippen LogP contribution in [0.4, 0.5) is 0 Å². The minimum absolute atomic E-state index is 0.0219. The van der Waals surface area contributed by atoms with Gasteiger partial charge in [-0.3, -0.25) is 4.79 Å². The molecule has 3 rings (SSSR count). The number of benzene rings is 1. The molecule has 5 heteroatoms. The van der Waals surface area contributed by atoms with Crippen LogP contribution < -0.4 is 14.9 Å². The zero-order valence-electron chi connectivity index (χ0n) is 8.02. The van der Waals surface area contributed by atoms with Gasteiger partial charge in [-0.1, -0.05) is 0 Å². The first kappa shape index (κ1) is 8.80. The number of fused-ring (bicyclic) bond motifs is 3. The summed E-state index contributed by atoms with van der Waals surface area (Å²) in [5.74, 6) is 0.958. The van der Waals surface area contributed by atoms with Gasteiger partial charge in [0.15, 0.2) is 11.3 Å². The van der Waals surface area contributed by atoms with Crippen LogP contribution in [0.3, 0.4) is 0 Å². The number of rotatable bonds is 0. The molecule has 0 fully saturated rings. The van der Waals surface area contributed by atoms with Gasteiger partial charge in [0, 0.05) is 0 Å². The predicted molar refractivity (Wildman–Crippen MR) is 53.3 cm³/mol. The Balaban J connectivity index is 2.46. The van der Waals surface area contributed by atoms with Gasteiger partial charge in [0.05, 0.1) is 5.39 Å². The van der Waals surface area contributed by atoms with E-state index in [1.54, 1.807) is 18.2 Å². The zero-order chi connectivity index (χ0) is 11.1. The van der Waals surface area contributed by atoms with Crippen LogP contribution >= 0.6 is 0 Å². The molecule has 0 aliphatic carbocycles. The Labute approximate surface area is 89.4 Å². The van der Waals surface area contributed by atoms with Gasteiger partial charge in [0.2, 0.25) is 18.0 Å². The molecule has 1 aliphatic heterocycles. The molecule has 5 nitrogen and oxygen atoms in total. The lowest BCUT2D eigenvalue weighted by Gasteiger charge is -2.00. The average Bonchev–Trinajstić information content (AvgIpc) is 2.77. The minimum atomic E-state index is -0.359. The Morgan fingerprint density at radius 2 is 2.19 bits per heavy atom. The number of nitriles is 1. The van der Waals surface area contributed by atoms with Gasteiger partial charge >= 0.3 is 0 Å². The molecule has 0 bridgehead atoms. The summed E-state index contributed by atoms with van der Waals surface area (Å²) in [5.41, 5.74) is -0.0626. The van der Waals surface area contributed by atoms with E-state index in [0.717, 1.165) is 6.26 Å². The molecule has 2 aromatic rings. The molecule has 1 aromatic carbocycles. The van der Waals surface area contributed by atoms with Crippen molar-refractivity contribution < 1.29 is 13.9 Å². The van der Waals surface area contributed by atoms with Gasteiger partial charge < -0.3 is 13.9 Å². The molecule has 0 radical (unpaired) electrons. The molecule has 0 atom stereocenters. The first-order valence-corrected chi connectivity index (χ1v) is 4.55. The van der Waals surface area contributed by atoms with Crippen LogP contribution in [-0.2, 0) is 0 Å². The highest BCUT2D eigenvalue weighted by Crippen LogP contribution is 2.37. The lowest BCUT2D eigenvalue weighted by molar-refractivity contribution is 0.174. The molecular weight excluding hydrogens is 210 g/mol. The monoisotopic (exact) mass is 215 g/mol. The molecule has 0 saturated heterocycles. The number of hydrogen-bond acceptors (Lipinski definition) is 5. The molecule has 0 N–H and O–H groups in total. The third-order valence-corrected chi connectivity index (χ3v) is 2.40. The largest absolute Gasteiger partial charge is 0.459 e. The minimum Gasteiger partial charge on any atom is -0.459 e. The highest BCUT2D eigenvalue weighted by atomic mass is 16.7. The number of nitrogens with zero attached hydrogens (tertiary/aromatic N) is 1. The topological polar surface area (TPSA) is 72.5 Å². The van der Waals surface area contributed by atoms with E-state index in [4.69, 9.17) is 19.2 Å². The molecule has 0 spiro atoms. The molecule has 0 unspecified atom stereocenters. The summed E-state index contributed by atoms with van der Waals surface area (Å²) in [6, 6.07) is 4.97. The van der Waals surface area contributed by atoms with Crippen LogP contribution in [0.15, 0.2) is 27.6 Å². The molecule has 0 saturated carbocycles. The van der Waals surface area contributed by atoms with Gasteiger partial charge in [0.1, 0.15) is 17.9 Å². The van der Waals surface area contributed by atoms with E-state index >= 15 is 0 Å². The zero-order valence-corrected chi connectivity index (χ0v) is 8.02. The van der Waals surface area contributed by atoms with Crippen molar-refractivity contribution >= 4 is 11.0 Å². The van der Waals surface area contributed by atoms with Gasteiger partial charge in [-0.25, -0.2) is 0 Å². The van der Waals surface area contributed by atoms with Crippen molar-refractivity contribution in [2.24, 2.45) is 0 Å². The third-order valence-electron chi connectivity index (χ3n) is 2.40. The van der Waals surface area contributed by atoms with E-state index < -0.39 is 0 Å². The van der Waals surface area contributed by atoms with Crippen LogP contribution in [0.25, 0.3) is 11.0 Å². The van der Waals surface area contributed by atoms with E-state index in [1.807, 2.05) is 0 Å². The number of hydrogen-bond donors (Lipinski definition) is 0. The maximum atomic E-state index is 11.8. The van der Waals surface area contributed by atoms with Crippen LogP contribution in [0.5, 0.6) is 11.5 Å². The summed E-state index contributed by atoms with van der Waals surface area (Å²) < 4.78 is 15.6. The lowest BCUT2D eigenvalue weighted by Crippen LogP contribution is -2.05. The van der Waals surface area contributed by atoms with Gasteiger partial charge in [-0.05, 0) is 12.1 Å². The second-order valence-electron chi connectivity index (χ2n) is 3.27. The van der Waals surface area contributed by atoms with Crippen molar-refractivity contribution in [1.82, 2.24) is 0 Å². The quantitative estimate of drug-likeness (QED) is 0.664. The van der Waals surface area contributed by atoms with Gasteiger partial charge in [-0.2, -0.15) is 5.26 Å². The Morgan fingerprint density at radius 3 is 3.00 bits per heavy atom. The Morgan fingerprint density at radius 1 is 1.31 bits per heavy atom. The molecule has 1 aromatic heterocycles. The van der Waals surface area contributed by atoms with Crippen molar-refractivity contribution in [2.75, 3.05) is 6.79 Å². The van der Waals surface area contributed by atoms with Crippen molar-refractivity contribution in [3.63, 3.8) is 0 Å². The van der Waals surface area contributed by atoms with Crippen LogP contribution in [0, 0.1) is 11.3 Å². The lowest BCUT2D eigenvalue weighted by atomic mass is 10.1. The average molecular weight is 215 g/mol. The van der Waals surface area contributed by atoms with Crippen molar-refractivity contribution in [2.45, 2.75) is 0 Å². The van der Waals surface area contributed by atoms with E-state index in [9.17, 15) is 4.79 Å². The van der Waals surface area contributed by atoms with Crippen LogP contribution in [-0.4, -0.2) is 6.79 Å². The molecule has 78 valence electrons. The summed E-state index contributed by atoms with van der Waals surface area (Å²) in [6.07, 6.45) is 1.13. The second-order valence-corrected chi connectivity index (χ2v) is 3.27. The maximum Gasteiger partial charge on any atom is 0.231 e. The fourth-order valence-electron chi connectivity index (χ4n) is 1.64. The van der Waals surface area contributed by atoms with Crippen LogP contribution in [0.2, 0.25) is 0 Å². The second kappa shape index (κ2) is 3.00. The predicted octanol–water partition coefficient (Wildman–Crippen LogP) is 1.39. The van der Waals surface area contributed by atoms with Crippen molar-refractivity contribution in [1.29, 1.82) is 5.26 Å². The molecule has 0 amide bonds. The molecular formula is C11H5NO4. The van der Waals surface area contributed by atoms with E-state index in [1.165, 1.54) is 0 Å². The van der Waals surface area contributed by atoms with E-state index in [2.05, 4.69) is 0 Å². The van der Waals surface area contributed by atoms with E-state index in [0.29, 0.717) is 22.5 Å². The maximum absolute atomic E-state index is 11.8. The highest BCUT2D eigenvalue weighted by molar-refractivity contribution is 5.86. The first-order chi connectivity index (χ1) is 7.81. The SMILES string of the molecule is N#Cc1coc2c3c(ccc2c1=O)OCO3. The van der Waals surface area contributed by atoms with Crippen molar-refractivity contribution in [3.05, 3.63) is 34.2 Å². The summed E-state index contributed by atoms with van der Waals surface area (Å²) in [6.45, 7) is 0.109. The smallest absolute Gasteiger partial charge is 0.231 e. The number of ether oxygens (including phenoxy) is 2. The van der Waals surface area contributed by atoms with Gasteiger partial charge in [0.25, 0.3) is 0 Å². The third kappa shape index (κ3) is 1.01. The first-order valence-electron chi connectivity index (χ1n) is 4.55. The summed E-state index contributed by atoms with van der Waals surface area (Å²) in [5, 5.41) is 9.03. The summed E-state index contributed by atoms with van der Waals surface area (Å²) in [4.78, 5) is 11.8. The fourth-order valence-corrected chi connectivity index (χ4v) is 1.64. The fraction of sp³-hybridized carbons (Fsp3) is 0.0909. The Bertz CT molecular complexity index is 681.